The van der Waals surface area contributed by atoms with Crippen LogP contribution in [0, 0.1) is 5.92 Å². The van der Waals surface area contributed by atoms with Gasteiger partial charge in [0.2, 0.25) is 0 Å². The van der Waals surface area contributed by atoms with Gasteiger partial charge in [-0.25, -0.2) is 0 Å². The summed E-state index contributed by atoms with van der Waals surface area (Å²) in [5.41, 5.74) is 7.89. The Kier molecular flexibility index (Phi) is 4.48. The molecule has 1 atom stereocenters. The largest absolute Gasteiger partial charge is 0.399 e. The van der Waals surface area contributed by atoms with Crippen molar-refractivity contribution in [2.24, 2.45) is 5.92 Å². The Labute approximate surface area is 111 Å². The molecule has 1 fully saturated rings. The first kappa shape index (κ1) is 13.2. The first-order valence-electron chi connectivity index (χ1n) is 6.90. The van der Waals surface area contributed by atoms with Crippen molar-refractivity contribution < 1.29 is 0 Å². The van der Waals surface area contributed by atoms with E-state index in [0.717, 1.165) is 18.2 Å². The Balaban J connectivity index is 1.82. The molecule has 1 aromatic rings. The van der Waals surface area contributed by atoms with E-state index < -0.39 is 0 Å². The molecular weight excluding hydrogens is 222 g/mol. The van der Waals surface area contributed by atoms with Crippen molar-refractivity contribution in [2.45, 2.75) is 19.3 Å². The highest BCUT2D eigenvalue weighted by Gasteiger charge is 2.17. The van der Waals surface area contributed by atoms with Crippen molar-refractivity contribution >= 4 is 11.4 Å². The summed E-state index contributed by atoms with van der Waals surface area (Å²) in [6, 6.07) is 8.14. The minimum Gasteiger partial charge on any atom is -0.399 e. The Morgan fingerprint density at radius 2 is 2.28 bits per heavy atom. The van der Waals surface area contributed by atoms with Crippen molar-refractivity contribution in [1.29, 1.82) is 0 Å². The van der Waals surface area contributed by atoms with Gasteiger partial charge in [0.05, 0.1) is 0 Å². The third-order valence-electron chi connectivity index (χ3n) is 3.91. The van der Waals surface area contributed by atoms with Gasteiger partial charge in [0.15, 0.2) is 0 Å². The van der Waals surface area contributed by atoms with Crippen LogP contribution in [-0.2, 0) is 0 Å². The second kappa shape index (κ2) is 6.10. The van der Waals surface area contributed by atoms with Crippen molar-refractivity contribution in [3.05, 3.63) is 24.3 Å². The molecule has 0 aromatic heterocycles. The van der Waals surface area contributed by atoms with Crippen LogP contribution in [-0.4, -0.2) is 38.6 Å². The first-order chi connectivity index (χ1) is 8.65. The molecule has 0 spiro atoms. The van der Waals surface area contributed by atoms with Crippen LogP contribution in [0.25, 0.3) is 0 Å². The predicted octanol–water partition coefficient (Wildman–Crippen LogP) is 2.44. The van der Waals surface area contributed by atoms with Gasteiger partial charge in [0.25, 0.3) is 0 Å². The van der Waals surface area contributed by atoms with E-state index in [4.69, 9.17) is 5.73 Å². The molecule has 0 bridgehead atoms. The minimum atomic E-state index is 0.844. The van der Waals surface area contributed by atoms with E-state index in [1.165, 1.54) is 38.0 Å². The Morgan fingerprint density at radius 1 is 1.44 bits per heavy atom. The normalized spacial score (nSPS) is 20.9. The molecule has 1 aromatic carbocycles. The monoisotopic (exact) mass is 247 g/mol. The molecule has 100 valence electrons. The number of rotatable bonds is 4. The van der Waals surface area contributed by atoms with Crippen molar-refractivity contribution in [3.63, 3.8) is 0 Å². The molecule has 1 aliphatic rings. The zero-order valence-corrected chi connectivity index (χ0v) is 11.6. The lowest BCUT2D eigenvalue weighted by Gasteiger charge is -2.31. The maximum absolute atomic E-state index is 5.82. The van der Waals surface area contributed by atoms with E-state index in [1.807, 2.05) is 18.2 Å². The predicted molar refractivity (Wildman–Crippen MR) is 79.0 cm³/mol. The zero-order chi connectivity index (χ0) is 13.0. The van der Waals surface area contributed by atoms with Gasteiger partial charge in [-0.05, 0) is 57.0 Å². The molecular formula is C15H25N3. The Morgan fingerprint density at radius 3 is 3.00 bits per heavy atom. The standard InChI is InChI=1S/C15H25N3/c1-17-9-4-5-13(12-17)8-10-18(2)15-7-3-6-14(16)11-15/h3,6-7,11,13H,4-5,8-10,12,16H2,1-2H3. The zero-order valence-electron chi connectivity index (χ0n) is 11.6. The molecule has 0 aliphatic carbocycles. The topological polar surface area (TPSA) is 32.5 Å². The van der Waals surface area contributed by atoms with Crippen LogP contribution >= 0.6 is 0 Å². The van der Waals surface area contributed by atoms with Crippen LogP contribution in [0.15, 0.2) is 24.3 Å². The molecule has 1 aliphatic heterocycles. The van der Waals surface area contributed by atoms with E-state index in [2.05, 4.69) is 30.0 Å². The third-order valence-corrected chi connectivity index (χ3v) is 3.91. The van der Waals surface area contributed by atoms with Crippen molar-refractivity contribution in [2.75, 3.05) is 44.4 Å². The highest BCUT2D eigenvalue weighted by molar-refractivity contribution is 5.55. The van der Waals surface area contributed by atoms with Crippen LogP contribution in [0.2, 0.25) is 0 Å². The molecule has 0 radical (unpaired) electrons. The third kappa shape index (κ3) is 3.64. The summed E-state index contributed by atoms with van der Waals surface area (Å²) in [6.45, 7) is 3.63. The fourth-order valence-corrected chi connectivity index (χ4v) is 2.78. The lowest BCUT2D eigenvalue weighted by Crippen LogP contribution is -2.34. The van der Waals surface area contributed by atoms with Crippen LogP contribution in [0.5, 0.6) is 0 Å². The maximum Gasteiger partial charge on any atom is 0.0384 e. The average molecular weight is 247 g/mol. The lowest BCUT2D eigenvalue weighted by molar-refractivity contribution is 0.203. The minimum absolute atomic E-state index is 0.844. The molecule has 1 heterocycles. The second-order valence-electron chi connectivity index (χ2n) is 5.58. The van der Waals surface area contributed by atoms with Crippen LogP contribution in [0.4, 0.5) is 11.4 Å². The van der Waals surface area contributed by atoms with Gasteiger partial charge < -0.3 is 15.5 Å². The first-order valence-corrected chi connectivity index (χ1v) is 6.90. The summed E-state index contributed by atoms with van der Waals surface area (Å²) in [4.78, 5) is 4.76. The number of piperidine rings is 1. The summed E-state index contributed by atoms with van der Waals surface area (Å²) in [6.07, 6.45) is 4.01. The van der Waals surface area contributed by atoms with Crippen molar-refractivity contribution in [1.82, 2.24) is 4.90 Å². The number of hydrogen-bond acceptors (Lipinski definition) is 3. The summed E-state index contributed by atoms with van der Waals surface area (Å²) in [5.74, 6) is 0.854. The number of nitrogen functional groups attached to an aromatic ring is 1. The molecule has 3 nitrogen and oxygen atoms in total. The van der Waals surface area contributed by atoms with Gasteiger partial charge >= 0.3 is 0 Å². The Hall–Kier alpha value is -1.22. The molecule has 0 saturated carbocycles. The number of likely N-dealkylation sites (tertiary alicyclic amines) is 1. The number of nitrogens with two attached hydrogens (primary N) is 1. The molecule has 1 unspecified atom stereocenters. The number of hydrogen-bond donors (Lipinski definition) is 1. The van der Waals surface area contributed by atoms with Crippen LogP contribution < -0.4 is 10.6 Å². The van der Waals surface area contributed by atoms with Gasteiger partial charge in [-0.15, -0.1) is 0 Å². The van der Waals surface area contributed by atoms with Gasteiger partial charge in [-0.2, -0.15) is 0 Å². The van der Waals surface area contributed by atoms with Crippen LogP contribution in [0.3, 0.4) is 0 Å². The molecule has 2 N–H and O–H groups in total. The Bertz CT molecular complexity index is 378. The smallest absolute Gasteiger partial charge is 0.0384 e. The number of nitrogens with zero attached hydrogens (tertiary/aromatic N) is 2. The second-order valence-corrected chi connectivity index (χ2v) is 5.58. The maximum atomic E-state index is 5.82. The highest BCUT2D eigenvalue weighted by Crippen LogP contribution is 2.21. The molecule has 3 heteroatoms. The molecule has 2 rings (SSSR count). The number of benzene rings is 1. The summed E-state index contributed by atoms with van der Waals surface area (Å²) in [7, 11) is 4.38. The fraction of sp³-hybridized carbons (Fsp3) is 0.600. The fourth-order valence-electron chi connectivity index (χ4n) is 2.78. The average Bonchev–Trinajstić information content (AvgIpc) is 2.36. The van der Waals surface area contributed by atoms with E-state index in [-0.39, 0.29) is 0 Å². The van der Waals surface area contributed by atoms with E-state index >= 15 is 0 Å². The van der Waals surface area contributed by atoms with E-state index in [1.54, 1.807) is 0 Å². The SMILES string of the molecule is CN1CCCC(CCN(C)c2cccc(N)c2)C1. The van der Waals surface area contributed by atoms with E-state index in [9.17, 15) is 0 Å². The van der Waals surface area contributed by atoms with Crippen LogP contribution in [0.1, 0.15) is 19.3 Å². The quantitative estimate of drug-likeness (QED) is 0.829. The van der Waals surface area contributed by atoms with Crippen molar-refractivity contribution in [3.8, 4) is 0 Å². The molecule has 18 heavy (non-hydrogen) atoms. The summed E-state index contributed by atoms with van der Waals surface area (Å²) >= 11 is 0. The van der Waals surface area contributed by atoms with Gasteiger partial charge in [-0.1, -0.05) is 6.07 Å². The molecule has 1 saturated heterocycles. The molecule has 0 amide bonds. The highest BCUT2D eigenvalue weighted by atomic mass is 15.1. The van der Waals surface area contributed by atoms with E-state index in [0.29, 0.717) is 0 Å². The van der Waals surface area contributed by atoms with Gasteiger partial charge in [0, 0.05) is 31.5 Å². The summed E-state index contributed by atoms with van der Waals surface area (Å²) < 4.78 is 0. The van der Waals surface area contributed by atoms with Gasteiger partial charge in [-0.3, -0.25) is 0 Å². The summed E-state index contributed by atoms with van der Waals surface area (Å²) in [5, 5.41) is 0. The number of anilines is 2. The van der Waals surface area contributed by atoms with Gasteiger partial charge in [0.1, 0.15) is 0 Å². The lowest BCUT2D eigenvalue weighted by atomic mass is 9.95.